The van der Waals surface area contributed by atoms with Crippen molar-refractivity contribution >= 4 is 17.5 Å². The number of carbonyl (C=O) groups is 1. The van der Waals surface area contributed by atoms with Gasteiger partial charge < -0.3 is 10.1 Å². The third-order valence-corrected chi connectivity index (χ3v) is 5.99. The number of hydrogen-bond donors (Lipinski definition) is 1. The Morgan fingerprint density at radius 2 is 1.91 bits per heavy atom. The van der Waals surface area contributed by atoms with Crippen LogP contribution in [0.1, 0.15) is 30.1 Å². The third-order valence-electron chi connectivity index (χ3n) is 5.74. The topological polar surface area (TPSA) is 67.4 Å². The quantitative estimate of drug-likeness (QED) is 0.559. The molecule has 32 heavy (non-hydrogen) atoms. The zero-order chi connectivity index (χ0) is 22.2. The summed E-state index contributed by atoms with van der Waals surface area (Å²) in [5.41, 5.74) is 1.78. The molecule has 0 unspecified atom stereocenters. The van der Waals surface area contributed by atoms with Gasteiger partial charge >= 0.3 is 0 Å². The fraction of sp³-hybridized carbons (Fsp3) is 0.320. The number of pyridine rings is 2. The van der Waals surface area contributed by atoms with Gasteiger partial charge in [-0.25, -0.2) is 0 Å². The first-order valence-corrected chi connectivity index (χ1v) is 11.3. The smallest absolute Gasteiger partial charge is 0.224 e. The fourth-order valence-corrected chi connectivity index (χ4v) is 4.06. The number of nitrogens with zero attached hydrogens (tertiary/aromatic N) is 3. The molecule has 1 amide bonds. The van der Waals surface area contributed by atoms with Crippen LogP contribution in [0.3, 0.4) is 0 Å². The second kappa shape index (κ2) is 11.1. The molecule has 1 saturated heterocycles. The maximum Gasteiger partial charge on any atom is 0.224 e. The molecule has 0 saturated carbocycles. The Morgan fingerprint density at radius 3 is 2.59 bits per heavy atom. The van der Waals surface area contributed by atoms with Crippen molar-refractivity contribution in [1.82, 2.24) is 20.2 Å². The van der Waals surface area contributed by atoms with Gasteiger partial charge in [-0.1, -0.05) is 29.8 Å². The number of amides is 1. The largest absolute Gasteiger partial charge is 0.491 e. The van der Waals surface area contributed by atoms with E-state index in [-0.39, 0.29) is 17.9 Å². The number of ether oxygens (including phenoxy) is 1. The first-order valence-electron chi connectivity index (χ1n) is 10.9. The van der Waals surface area contributed by atoms with E-state index in [2.05, 4.69) is 20.2 Å². The van der Waals surface area contributed by atoms with Gasteiger partial charge in [0.25, 0.3) is 0 Å². The van der Waals surface area contributed by atoms with Crippen LogP contribution < -0.4 is 10.1 Å². The first kappa shape index (κ1) is 22.2. The highest BCUT2D eigenvalue weighted by Crippen LogP contribution is 2.24. The SMILES string of the molecule is O=C(N[C@@H](c1ccc(Cl)cc1)c1ccccn1)C1CCN(CCOc2cccnc2)CC1. The van der Waals surface area contributed by atoms with Crippen LogP contribution in [0.25, 0.3) is 0 Å². The highest BCUT2D eigenvalue weighted by molar-refractivity contribution is 6.30. The van der Waals surface area contributed by atoms with E-state index < -0.39 is 0 Å². The molecular formula is C25H27ClN4O2. The number of nitrogens with one attached hydrogen (secondary N) is 1. The third kappa shape index (κ3) is 6.05. The lowest BCUT2D eigenvalue weighted by molar-refractivity contribution is -0.127. The molecule has 4 rings (SSSR count). The lowest BCUT2D eigenvalue weighted by Gasteiger charge is -2.32. The van der Waals surface area contributed by atoms with E-state index in [0.717, 1.165) is 49.5 Å². The summed E-state index contributed by atoms with van der Waals surface area (Å²) in [5, 5.41) is 3.89. The molecule has 1 N–H and O–H groups in total. The monoisotopic (exact) mass is 450 g/mol. The summed E-state index contributed by atoms with van der Waals surface area (Å²) in [5.74, 6) is 0.843. The van der Waals surface area contributed by atoms with Gasteiger partial charge in [0.15, 0.2) is 0 Å². The number of benzene rings is 1. The Kier molecular flexibility index (Phi) is 7.69. The minimum Gasteiger partial charge on any atom is -0.491 e. The maximum absolute atomic E-state index is 13.1. The van der Waals surface area contributed by atoms with Crippen LogP contribution in [0.2, 0.25) is 5.02 Å². The minimum absolute atomic E-state index is 0.0102. The molecule has 1 aliphatic rings. The molecule has 3 heterocycles. The molecule has 0 radical (unpaired) electrons. The number of likely N-dealkylation sites (tertiary alicyclic amines) is 1. The Bertz CT molecular complexity index is 978. The van der Waals surface area contributed by atoms with E-state index in [4.69, 9.17) is 16.3 Å². The van der Waals surface area contributed by atoms with Gasteiger partial charge in [0.2, 0.25) is 5.91 Å². The number of piperidine rings is 1. The Hall–Kier alpha value is -2.96. The molecule has 0 bridgehead atoms. The van der Waals surface area contributed by atoms with Crippen molar-refractivity contribution in [2.45, 2.75) is 18.9 Å². The van der Waals surface area contributed by atoms with Gasteiger partial charge in [0.1, 0.15) is 12.4 Å². The standard InChI is InChI=1S/C25H27ClN4O2/c26-21-8-6-19(7-9-21)24(23-5-1-2-13-28-23)29-25(31)20-10-14-30(15-11-20)16-17-32-22-4-3-12-27-18-22/h1-9,12-13,18,20,24H,10-11,14-17H2,(H,29,31)/t24-/m0/s1. The molecule has 2 aromatic heterocycles. The van der Waals surface area contributed by atoms with Gasteiger partial charge in [0, 0.05) is 29.9 Å². The van der Waals surface area contributed by atoms with Crippen molar-refractivity contribution in [3.05, 3.63) is 89.5 Å². The van der Waals surface area contributed by atoms with E-state index in [1.807, 2.05) is 54.6 Å². The summed E-state index contributed by atoms with van der Waals surface area (Å²) in [6.45, 7) is 3.21. The Balaban J connectivity index is 1.31. The predicted molar refractivity (Wildman–Crippen MR) is 125 cm³/mol. The van der Waals surface area contributed by atoms with Crippen LogP contribution in [0.4, 0.5) is 0 Å². The molecule has 6 nitrogen and oxygen atoms in total. The van der Waals surface area contributed by atoms with Gasteiger partial charge in [0.05, 0.1) is 17.9 Å². The van der Waals surface area contributed by atoms with Crippen molar-refractivity contribution in [1.29, 1.82) is 0 Å². The lowest BCUT2D eigenvalue weighted by Crippen LogP contribution is -2.42. The molecule has 7 heteroatoms. The van der Waals surface area contributed by atoms with Crippen molar-refractivity contribution in [2.24, 2.45) is 5.92 Å². The Morgan fingerprint density at radius 1 is 1.09 bits per heavy atom. The number of carbonyl (C=O) groups excluding carboxylic acids is 1. The summed E-state index contributed by atoms with van der Waals surface area (Å²) in [6.07, 6.45) is 6.85. The number of aromatic nitrogens is 2. The number of halogens is 1. The van der Waals surface area contributed by atoms with E-state index in [1.54, 1.807) is 18.6 Å². The highest BCUT2D eigenvalue weighted by atomic mass is 35.5. The van der Waals surface area contributed by atoms with Crippen molar-refractivity contribution in [2.75, 3.05) is 26.2 Å². The zero-order valence-corrected chi connectivity index (χ0v) is 18.6. The summed E-state index contributed by atoms with van der Waals surface area (Å²) < 4.78 is 5.74. The Labute approximate surface area is 193 Å². The molecule has 0 aliphatic carbocycles. The molecule has 1 fully saturated rings. The number of rotatable bonds is 8. The van der Waals surface area contributed by atoms with Crippen LogP contribution in [0.15, 0.2) is 73.2 Å². The molecule has 1 aliphatic heterocycles. The van der Waals surface area contributed by atoms with E-state index in [9.17, 15) is 4.79 Å². The molecule has 166 valence electrons. The summed E-state index contributed by atoms with van der Waals surface area (Å²) in [6, 6.07) is 16.8. The first-order chi connectivity index (χ1) is 15.7. The van der Waals surface area contributed by atoms with E-state index in [0.29, 0.717) is 11.6 Å². The predicted octanol–water partition coefficient (Wildman–Crippen LogP) is 4.13. The maximum atomic E-state index is 13.1. The molecule has 3 aromatic rings. The van der Waals surface area contributed by atoms with Crippen molar-refractivity contribution in [3.8, 4) is 5.75 Å². The van der Waals surface area contributed by atoms with Crippen molar-refractivity contribution in [3.63, 3.8) is 0 Å². The van der Waals surface area contributed by atoms with Gasteiger partial charge in [-0.2, -0.15) is 0 Å². The normalized spacial score (nSPS) is 15.8. The van der Waals surface area contributed by atoms with E-state index in [1.165, 1.54) is 0 Å². The van der Waals surface area contributed by atoms with Gasteiger partial charge in [-0.05, 0) is 67.9 Å². The second-order valence-electron chi connectivity index (χ2n) is 7.90. The average molecular weight is 451 g/mol. The van der Waals surface area contributed by atoms with Crippen LogP contribution in [-0.4, -0.2) is 47.0 Å². The van der Waals surface area contributed by atoms with Crippen LogP contribution in [0, 0.1) is 5.92 Å². The summed E-state index contributed by atoms with van der Waals surface area (Å²) >= 11 is 6.05. The van der Waals surface area contributed by atoms with E-state index >= 15 is 0 Å². The fourth-order valence-electron chi connectivity index (χ4n) is 3.93. The highest BCUT2D eigenvalue weighted by Gasteiger charge is 2.27. The summed E-state index contributed by atoms with van der Waals surface area (Å²) in [4.78, 5) is 24.0. The van der Waals surface area contributed by atoms with Crippen LogP contribution in [0.5, 0.6) is 5.75 Å². The number of hydrogen-bond acceptors (Lipinski definition) is 5. The second-order valence-corrected chi connectivity index (χ2v) is 8.34. The molecular weight excluding hydrogens is 424 g/mol. The zero-order valence-electron chi connectivity index (χ0n) is 17.9. The lowest BCUT2D eigenvalue weighted by atomic mass is 9.94. The molecule has 1 atom stereocenters. The molecule has 1 aromatic carbocycles. The average Bonchev–Trinajstić information content (AvgIpc) is 2.85. The minimum atomic E-state index is -0.299. The van der Waals surface area contributed by atoms with Crippen LogP contribution in [-0.2, 0) is 4.79 Å². The van der Waals surface area contributed by atoms with Gasteiger partial charge in [-0.3, -0.25) is 19.7 Å². The van der Waals surface area contributed by atoms with Crippen LogP contribution >= 0.6 is 11.6 Å². The summed E-state index contributed by atoms with van der Waals surface area (Å²) in [7, 11) is 0. The molecule has 0 spiro atoms. The van der Waals surface area contributed by atoms with Gasteiger partial charge in [-0.15, -0.1) is 0 Å². The van der Waals surface area contributed by atoms with Crippen molar-refractivity contribution < 1.29 is 9.53 Å².